The molecule has 2 rings (SSSR count). The average Bonchev–Trinajstić information content (AvgIpc) is 3.40. The lowest BCUT2D eigenvalue weighted by molar-refractivity contribution is -0.359. The topological polar surface area (TPSA) is 228 Å². The molecular weight excluding hydrogens is 943 g/mol. The summed E-state index contributed by atoms with van der Waals surface area (Å²) >= 11 is 0. The van der Waals surface area contributed by atoms with Crippen molar-refractivity contribution in [1.29, 1.82) is 0 Å². The van der Waals surface area contributed by atoms with Crippen LogP contribution in [0.25, 0.3) is 0 Å². The van der Waals surface area contributed by atoms with Crippen molar-refractivity contribution >= 4 is 5.91 Å². The third-order valence-corrected chi connectivity index (χ3v) is 13.6. The van der Waals surface area contributed by atoms with Crippen LogP contribution in [0.15, 0.2) is 85.1 Å². The average molecular weight is 1050 g/mol. The first kappa shape index (κ1) is 67.3. The summed E-state index contributed by atoms with van der Waals surface area (Å²) in [6.07, 6.45) is 43.4. The van der Waals surface area contributed by atoms with Gasteiger partial charge >= 0.3 is 0 Å². The van der Waals surface area contributed by atoms with Gasteiger partial charge in [-0.25, -0.2) is 0 Å². The van der Waals surface area contributed by atoms with Crippen molar-refractivity contribution in [3.63, 3.8) is 0 Å². The summed E-state index contributed by atoms with van der Waals surface area (Å²) < 4.78 is 22.7. The summed E-state index contributed by atoms with van der Waals surface area (Å²) in [6, 6.07) is -0.832. The van der Waals surface area contributed by atoms with Gasteiger partial charge in [-0.2, -0.15) is 0 Å². The van der Waals surface area contributed by atoms with Crippen LogP contribution in [0.4, 0.5) is 0 Å². The van der Waals surface area contributed by atoms with Gasteiger partial charge in [-0.3, -0.25) is 4.79 Å². The summed E-state index contributed by atoms with van der Waals surface area (Å²) in [6.45, 7) is 2.66. The first-order chi connectivity index (χ1) is 36.1. The Balaban J connectivity index is 1.61. The maximum absolute atomic E-state index is 13.2. The van der Waals surface area contributed by atoms with Gasteiger partial charge in [0.1, 0.15) is 48.8 Å². The number of unbranched alkanes of at least 4 members (excludes halogenated alkanes) is 17. The van der Waals surface area contributed by atoms with Crippen LogP contribution in [0, 0.1) is 0 Å². The number of nitrogens with one attached hydrogen (secondary N) is 1. The van der Waals surface area contributed by atoms with Crippen molar-refractivity contribution in [1.82, 2.24) is 5.32 Å². The molecule has 0 spiro atoms. The molecule has 12 unspecified atom stereocenters. The molecular formula is C60H103NO13. The third kappa shape index (κ3) is 30.8. The Morgan fingerprint density at radius 3 is 1.43 bits per heavy atom. The molecule has 0 aromatic rings. The van der Waals surface area contributed by atoms with Crippen LogP contribution in [-0.2, 0) is 23.7 Å². The number of allylic oxidation sites excluding steroid dienone is 14. The van der Waals surface area contributed by atoms with Crippen molar-refractivity contribution in [2.24, 2.45) is 0 Å². The molecule has 74 heavy (non-hydrogen) atoms. The van der Waals surface area contributed by atoms with Crippen molar-refractivity contribution in [3.8, 4) is 0 Å². The minimum atomic E-state index is -1.78. The Morgan fingerprint density at radius 2 is 0.932 bits per heavy atom. The molecule has 2 fully saturated rings. The molecule has 0 bridgehead atoms. The maximum atomic E-state index is 13.2. The van der Waals surface area contributed by atoms with E-state index in [0.29, 0.717) is 19.3 Å². The van der Waals surface area contributed by atoms with Gasteiger partial charge in [0, 0.05) is 6.42 Å². The molecule has 14 nitrogen and oxygen atoms in total. The fourth-order valence-electron chi connectivity index (χ4n) is 8.98. The number of carbonyl (C=O) groups excluding carboxylic acids is 1. The lowest BCUT2D eigenvalue weighted by Crippen LogP contribution is -2.65. The normalized spacial score (nSPS) is 25.9. The van der Waals surface area contributed by atoms with Gasteiger partial charge in [0.05, 0.1) is 32.0 Å². The van der Waals surface area contributed by atoms with E-state index in [2.05, 4.69) is 104 Å². The van der Waals surface area contributed by atoms with Crippen LogP contribution < -0.4 is 5.32 Å². The van der Waals surface area contributed by atoms with Crippen molar-refractivity contribution in [2.75, 3.05) is 19.8 Å². The Labute approximate surface area is 446 Å². The van der Waals surface area contributed by atoms with Crippen LogP contribution in [-0.4, -0.2) is 140 Å². The number of aliphatic hydroxyl groups excluding tert-OH is 8. The van der Waals surface area contributed by atoms with E-state index in [4.69, 9.17) is 18.9 Å². The second-order valence-electron chi connectivity index (χ2n) is 20.0. The molecule has 0 aromatic carbocycles. The zero-order chi connectivity index (χ0) is 53.9. The molecule has 14 heteroatoms. The van der Waals surface area contributed by atoms with Gasteiger partial charge in [-0.15, -0.1) is 0 Å². The number of amides is 1. The lowest BCUT2D eigenvalue weighted by Gasteiger charge is -2.46. The highest BCUT2D eigenvalue weighted by atomic mass is 16.7. The Morgan fingerprint density at radius 1 is 0.500 bits per heavy atom. The fourth-order valence-corrected chi connectivity index (χ4v) is 8.98. The molecule has 2 heterocycles. The number of rotatable bonds is 44. The third-order valence-electron chi connectivity index (χ3n) is 13.6. The predicted octanol–water partition coefficient (Wildman–Crippen LogP) is 9.33. The molecule has 0 aromatic heterocycles. The van der Waals surface area contributed by atoms with E-state index in [1.165, 1.54) is 57.8 Å². The Hall–Kier alpha value is -2.83. The van der Waals surface area contributed by atoms with E-state index in [9.17, 15) is 45.6 Å². The standard InChI is InChI=1S/C60H103NO13/c1-3-5-7-9-11-12-13-14-15-16-17-18-19-20-21-22-23-24-25-26-27-28-29-30-31-32-33-34-35-36-38-40-42-44-52(65)61-48(49(64)43-41-39-37-10-8-6-4-2)47-71-59-57(70)55(68)58(51(46-63)73-59)74-60-56(69)54(67)53(66)50(45-62)72-60/h5,7,11-12,14-15,17-18,20-21,23-24,26-27,48-51,53-60,62-64,66-70H,3-4,6,8-10,13,16,19,22,25,28-47H2,1-2H3,(H,61,65)/b7-5-,12-11-,15-14-,18-17-,21-20-,24-23-,27-26-. The molecule has 0 saturated carbocycles. The van der Waals surface area contributed by atoms with Crippen LogP contribution >= 0.6 is 0 Å². The summed E-state index contributed by atoms with van der Waals surface area (Å²) in [7, 11) is 0. The molecule has 0 radical (unpaired) electrons. The molecule has 2 aliphatic heterocycles. The molecule has 9 N–H and O–H groups in total. The zero-order valence-corrected chi connectivity index (χ0v) is 45.6. The summed E-state index contributed by atoms with van der Waals surface area (Å²) in [5.74, 6) is -0.219. The molecule has 426 valence electrons. The van der Waals surface area contributed by atoms with E-state index in [1.54, 1.807) is 0 Å². The molecule has 0 aliphatic carbocycles. The lowest BCUT2D eigenvalue weighted by atomic mass is 9.97. The van der Waals surface area contributed by atoms with Gasteiger partial charge < -0.3 is 65.1 Å². The van der Waals surface area contributed by atoms with Crippen molar-refractivity contribution in [3.05, 3.63) is 85.1 Å². The minimum absolute atomic E-state index is 0.219. The molecule has 1 amide bonds. The highest BCUT2D eigenvalue weighted by Crippen LogP contribution is 2.30. The maximum Gasteiger partial charge on any atom is 0.220 e. The van der Waals surface area contributed by atoms with Crippen molar-refractivity contribution < 1.29 is 64.6 Å². The predicted molar refractivity (Wildman–Crippen MR) is 295 cm³/mol. The molecule has 2 saturated heterocycles. The second-order valence-corrected chi connectivity index (χ2v) is 20.0. The smallest absolute Gasteiger partial charge is 0.220 e. The van der Waals surface area contributed by atoms with Gasteiger partial charge in [-0.1, -0.05) is 202 Å². The second kappa shape index (κ2) is 45.2. The van der Waals surface area contributed by atoms with E-state index in [-0.39, 0.29) is 12.5 Å². The minimum Gasteiger partial charge on any atom is -0.394 e. The monoisotopic (exact) mass is 1050 g/mol. The summed E-state index contributed by atoms with van der Waals surface area (Å²) in [4.78, 5) is 13.2. The quantitative estimate of drug-likeness (QED) is 0.0205. The fraction of sp³-hybridized carbons (Fsp3) is 0.750. The SMILES string of the molecule is CC/C=C\C/C=C\C/C=C\C/C=C\C/C=C\C/C=C\C/C=C\CCCCCCCCCCCCCC(=O)NC(COC1OC(CO)C(OC2OC(CO)C(O)C(O)C2O)C(O)C1O)C(O)CCCCCCCCC. The zero-order valence-electron chi connectivity index (χ0n) is 45.6. The molecule has 12 atom stereocenters. The van der Waals surface area contributed by atoms with Gasteiger partial charge in [0.25, 0.3) is 0 Å². The van der Waals surface area contributed by atoms with Crippen LogP contribution in [0.1, 0.15) is 194 Å². The Bertz CT molecular complexity index is 1560. The summed E-state index contributed by atoms with van der Waals surface area (Å²) in [5, 5.41) is 86.7. The highest BCUT2D eigenvalue weighted by molar-refractivity contribution is 5.76. The number of carbonyl (C=O) groups is 1. The number of hydrogen-bond acceptors (Lipinski definition) is 13. The van der Waals surface area contributed by atoms with E-state index in [1.807, 2.05) is 0 Å². The Kier molecular flexibility index (Phi) is 41.1. The van der Waals surface area contributed by atoms with E-state index >= 15 is 0 Å². The number of hydrogen-bond donors (Lipinski definition) is 9. The molecule has 2 aliphatic rings. The first-order valence-corrected chi connectivity index (χ1v) is 28.8. The highest BCUT2D eigenvalue weighted by Gasteiger charge is 2.51. The number of aliphatic hydroxyl groups is 8. The number of ether oxygens (including phenoxy) is 4. The van der Waals surface area contributed by atoms with Crippen LogP contribution in [0.2, 0.25) is 0 Å². The van der Waals surface area contributed by atoms with E-state index in [0.717, 1.165) is 103 Å². The first-order valence-electron chi connectivity index (χ1n) is 28.8. The van der Waals surface area contributed by atoms with Crippen LogP contribution in [0.5, 0.6) is 0 Å². The van der Waals surface area contributed by atoms with Gasteiger partial charge in [-0.05, 0) is 70.6 Å². The van der Waals surface area contributed by atoms with E-state index < -0.39 is 86.8 Å². The van der Waals surface area contributed by atoms with Crippen molar-refractivity contribution in [2.45, 2.75) is 267 Å². The van der Waals surface area contributed by atoms with Gasteiger partial charge in [0.2, 0.25) is 5.91 Å². The summed E-state index contributed by atoms with van der Waals surface area (Å²) in [5.41, 5.74) is 0. The van der Waals surface area contributed by atoms with Crippen LogP contribution in [0.3, 0.4) is 0 Å². The van der Waals surface area contributed by atoms with Gasteiger partial charge in [0.15, 0.2) is 12.6 Å². The largest absolute Gasteiger partial charge is 0.394 e.